The van der Waals surface area contributed by atoms with Gasteiger partial charge in [-0.15, -0.1) is 0 Å². The lowest BCUT2D eigenvalue weighted by molar-refractivity contribution is -0.215. The third kappa shape index (κ3) is 5.62. The van der Waals surface area contributed by atoms with Crippen molar-refractivity contribution in [2.24, 2.45) is 5.92 Å². The third-order valence-corrected chi connectivity index (χ3v) is 8.54. The molecule has 1 N–H and O–H groups in total. The van der Waals surface area contributed by atoms with E-state index < -0.39 is 71.3 Å². The van der Waals surface area contributed by atoms with Crippen molar-refractivity contribution in [3.8, 4) is 0 Å². The first kappa shape index (κ1) is 25.4. The smallest absolute Gasteiger partial charge is 0.427 e. The number of hydrogen-bond acceptors (Lipinski definition) is 6. The zero-order chi connectivity index (χ0) is 23.9. The van der Waals surface area contributed by atoms with Gasteiger partial charge in [0.2, 0.25) is 22.0 Å². The van der Waals surface area contributed by atoms with E-state index in [-0.39, 0.29) is 38.3 Å². The fourth-order valence-electron chi connectivity index (χ4n) is 4.45. The molecule has 2 aliphatic heterocycles. The maximum absolute atomic E-state index is 13.0. The van der Waals surface area contributed by atoms with Gasteiger partial charge < -0.3 is 19.5 Å². The van der Waals surface area contributed by atoms with E-state index in [2.05, 4.69) is 4.74 Å². The fourth-order valence-corrected chi connectivity index (χ4v) is 6.10. The molecule has 14 heteroatoms. The van der Waals surface area contributed by atoms with Crippen LogP contribution >= 0.6 is 0 Å². The number of piperidine rings is 1. The molecule has 0 radical (unpaired) electrons. The van der Waals surface area contributed by atoms with Crippen LogP contribution in [0.15, 0.2) is 0 Å². The molecule has 0 aromatic rings. The monoisotopic (exact) mass is 494 g/mol. The standard InChI is InChI=1S/C18H27F5N2O6S/c1-24(32(28,29)11-12-6-17(19,20)7-12)13-8-16(30-10-13)2-4-25(5-3-16)15(27)31-14(9-26)18(21,22)23/h12-14,26H,2-11H2,1H3/t13-,14-/m1/s1. The van der Waals surface area contributed by atoms with E-state index in [4.69, 9.17) is 9.84 Å². The van der Waals surface area contributed by atoms with E-state index >= 15 is 0 Å². The molecule has 1 saturated carbocycles. The second-order valence-electron chi connectivity index (χ2n) is 8.86. The van der Waals surface area contributed by atoms with E-state index in [1.54, 1.807) is 0 Å². The Labute approximate surface area is 182 Å². The molecule has 2 saturated heterocycles. The molecule has 0 bridgehead atoms. The van der Waals surface area contributed by atoms with Gasteiger partial charge in [0.05, 0.1) is 30.6 Å². The first-order valence-corrected chi connectivity index (χ1v) is 11.9. The number of aliphatic hydroxyl groups excluding tert-OH is 1. The summed E-state index contributed by atoms with van der Waals surface area (Å²) in [4.78, 5) is 13.1. The molecule has 3 aliphatic rings. The number of carbonyl (C=O) groups is 1. The quantitative estimate of drug-likeness (QED) is 0.568. The first-order valence-electron chi connectivity index (χ1n) is 10.3. The number of hydrogen-bond donors (Lipinski definition) is 1. The van der Waals surface area contributed by atoms with E-state index in [1.165, 1.54) is 7.05 Å². The van der Waals surface area contributed by atoms with Crippen LogP contribution < -0.4 is 0 Å². The molecule has 186 valence electrons. The maximum Gasteiger partial charge on any atom is 0.427 e. The second kappa shape index (κ2) is 8.84. The van der Waals surface area contributed by atoms with E-state index in [9.17, 15) is 35.2 Å². The molecule has 1 amide bonds. The SMILES string of the molecule is CN([C@H]1COC2(CCN(C(=O)O[C@H](CO)C(F)(F)F)CC2)C1)S(=O)(=O)CC1CC(F)(F)C1. The van der Waals surface area contributed by atoms with Gasteiger partial charge in [0.1, 0.15) is 0 Å². The fraction of sp³-hybridized carbons (Fsp3) is 0.944. The van der Waals surface area contributed by atoms with E-state index in [0.29, 0.717) is 6.42 Å². The average molecular weight is 494 g/mol. The van der Waals surface area contributed by atoms with Gasteiger partial charge in [-0.3, -0.25) is 0 Å². The molecule has 2 atom stereocenters. The summed E-state index contributed by atoms with van der Waals surface area (Å²) in [5, 5.41) is 8.80. The number of likely N-dealkylation sites (N-methyl/N-ethyl adjacent to an activating group) is 1. The molecule has 1 spiro atoms. The number of amides is 1. The van der Waals surface area contributed by atoms with Crippen molar-refractivity contribution in [1.82, 2.24) is 9.21 Å². The van der Waals surface area contributed by atoms with Crippen molar-refractivity contribution in [2.45, 2.75) is 61.9 Å². The van der Waals surface area contributed by atoms with E-state index in [0.717, 1.165) is 9.21 Å². The van der Waals surface area contributed by atoms with Crippen molar-refractivity contribution in [2.75, 3.05) is 39.1 Å². The van der Waals surface area contributed by atoms with Gasteiger partial charge in [-0.2, -0.15) is 17.5 Å². The number of rotatable bonds is 6. The summed E-state index contributed by atoms with van der Waals surface area (Å²) in [5.74, 6) is -3.73. The minimum absolute atomic E-state index is 0.0508. The first-order chi connectivity index (χ1) is 14.7. The van der Waals surface area contributed by atoms with Crippen LogP contribution in [-0.4, -0.2) is 97.8 Å². The number of nitrogens with zero attached hydrogens (tertiary/aromatic N) is 2. The molecule has 0 aromatic carbocycles. The molecule has 8 nitrogen and oxygen atoms in total. The highest BCUT2D eigenvalue weighted by Gasteiger charge is 2.50. The van der Waals surface area contributed by atoms with Crippen molar-refractivity contribution >= 4 is 16.1 Å². The van der Waals surface area contributed by atoms with Crippen LogP contribution in [0.1, 0.15) is 32.1 Å². The third-order valence-electron chi connectivity index (χ3n) is 6.47. The Balaban J connectivity index is 1.50. The summed E-state index contributed by atoms with van der Waals surface area (Å²) < 4.78 is 101. The number of alkyl halides is 5. The lowest BCUT2D eigenvalue weighted by Crippen LogP contribution is -2.49. The highest BCUT2D eigenvalue weighted by atomic mass is 32.2. The van der Waals surface area contributed by atoms with Crippen LogP contribution in [0.25, 0.3) is 0 Å². The summed E-state index contributed by atoms with van der Waals surface area (Å²) in [5.41, 5.74) is -0.727. The number of carbonyl (C=O) groups excluding carboxylic acids is 1. The van der Waals surface area contributed by atoms with Crippen LogP contribution in [0.3, 0.4) is 0 Å². The minimum Gasteiger partial charge on any atom is -0.434 e. The Morgan fingerprint density at radius 2 is 1.84 bits per heavy atom. The van der Waals surface area contributed by atoms with Crippen LogP contribution in [0.2, 0.25) is 0 Å². The summed E-state index contributed by atoms with van der Waals surface area (Å²) in [6, 6.07) is -0.497. The summed E-state index contributed by atoms with van der Waals surface area (Å²) in [6.07, 6.45) is -8.68. The Kier molecular flexibility index (Phi) is 7.01. The van der Waals surface area contributed by atoms with Crippen molar-refractivity contribution in [3.63, 3.8) is 0 Å². The zero-order valence-corrected chi connectivity index (χ0v) is 18.3. The Bertz CT molecular complexity index is 792. The Morgan fingerprint density at radius 3 is 2.34 bits per heavy atom. The summed E-state index contributed by atoms with van der Waals surface area (Å²) in [7, 11) is -2.37. The molecule has 3 rings (SSSR count). The number of sulfonamides is 1. The van der Waals surface area contributed by atoms with Gasteiger partial charge in [-0.25, -0.2) is 22.0 Å². The maximum atomic E-state index is 13.0. The number of likely N-dealkylation sites (tertiary alicyclic amines) is 1. The van der Waals surface area contributed by atoms with Gasteiger partial charge in [0, 0.05) is 33.0 Å². The number of aliphatic hydroxyl groups is 1. The van der Waals surface area contributed by atoms with Crippen molar-refractivity contribution < 1.29 is 49.7 Å². The van der Waals surface area contributed by atoms with Crippen LogP contribution in [0, 0.1) is 5.92 Å². The van der Waals surface area contributed by atoms with Crippen LogP contribution in [-0.2, 0) is 19.5 Å². The van der Waals surface area contributed by atoms with E-state index in [1.807, 2.05) is 0 Å². The van der Waals surface area contributed by atoms with Gasteiger partial charge in [-0.05, 0) is 25.2 Å². The lowest BCUT2D eigenvalue weighted by atomic mass is 9.83. The average Bonchev–Trinajstić information content (AvgIpc) is 3.06. The predicted molar refractivity (Wildman–Crippen MR) is 101 cm³/mol. The topological polar surface area (TPSA) is 96.4 Å². The Morgan fingerprint density at radius 1 is 1.25 bits per heavy atom. The zero-order valence-electron chi connectivity index (χ0n) is 17.5. The largest absolute Gasteiger partial charge is 0.434 e. The van der Waals surface area contributed by atoms with Gasteiger partial charge >= 0.3 is 12.3 Å². The minimum atomic E-state index is -4.88. The molecule has 3 fully saturated rings. The van der Waals surface area contributed by atoms with Crippen molar-refractivity contribution in [3.05, 3.63) is 0 Å². The predicted octanol–water partition coefficient (Wildman–Crippen LogP) is 1.98. The lowest BCUT2D eigenvalue weighted by Gasteiger charge is -2.39. The summed E-state index contributed by atoms with van der Waals surface area (Å²) in [6.45, 7) is -1.18. The van der Waals surface area contributed by atoms with Crippen molar-refractivity contribution in [1.29, 1.82) is 0 Å². The Hall–Kier alpha value is -1.25. The highest BCUT2D eigenvalue weighted by molar-refractivity contribution is 7.89. The molecular formula is C18H27F5N2O6S. The molecule has 0 unspecified atom stereocenters. The van der Waals surface area contributed by atoms with Crippen LogP contribution in [0.4, 0.5) is 26.7 Å². The summed E-state index contributed by atoms with van der Waals surface area (Å²) >= 11 is 0. The number of halogens is 5. The second-order valence-corrected chi connectivity index (χ2v) is 10.9. The number of ether oxygens (including phenoxy) is 2. The van der Waals surface area contributed by atoms with Gasteiger partial charge in [-0.1, -0.05) is 0 Å². The molecular weight excluding hydrogens is 467 g/mol. The molecule has 32 heavy (non-hydrogen) atoms. The molecule has 1 aliphatic carbocycles. The van der Waals surface area contributed by atoms with Gasteiger partial charge in [0.15, 0.2) is 0 Å². The normalized spacial score (nSPS) is 26.9. The molecule has 0 aromatic heterocycles. The highest BCUT2D eigenvalue weighted by Crippen LogP contribution is 2.44. The van der Waals surface area contributed by atoms with Gasteiger partial charge in [0.25, 0.3) is 0 Å². The molecule has 2 heterocycles. The van der Waals surface area contributed by atoms with Crippen LogP contribution in [0.5, 0.6) is 0 Å².